The van der Waals surface area contributed by atoms with Crippen LogP contribution >= 0.6 is 0 Å². The smallest absolute Gasteiger partial charge is 0.115 e. The third kappa shape index (κ3) is 2.84. The zero-order valence-corrected chi connectivity index (χ0v) is 12.9. The summed E-state index contributed by atoms with van der Waals surface area (Å²) in [6.45, 7) is 6.20. The fourth-order valence-electron chi connectivity index (χ4n) is 3.45. The first-order valence-corrected chi connectivity index (χ1v) is 7.69. The molecule has 1 aromatic carbocycles. The van der Waals surface area contributed by atoms with Crippen LogP contribution in [0, 0.1) is 13.8 Å². The van der Waals surface area contributed by atoms with E-state index >= 15 is 0 Å². The molecule has 2 N–H and O–H groups in total. The second-order valence-electron chi connectivity index (χ2n) is 6.08. The number of hydrogen-bond acceptors (Lipinski definition) is 3. The minimum atomic E-state index is 0.257. The summed E-state index contributed by atoms with van der Waals surface area (Å²) in [6, 6.07) is 8.47. The lowest BCUT2D eigenvalue weighted by molar-refractivity contribution is 0.407. The highest BCUT2D eigenvalue weighted by molar-refractivity contribution is 5.38. The monoisotopic (exact) mass is 285 g/mol. The van der Waals surface area contributed by atoms with Gasteiger partial charge in [-0.3, -0.25) is 0 Å². The van der Waals surface area contributed by atoms with E-state index in [1.165, 1.54) is 16.7 Å². The summed E-state index contributed by atoms with van der Waals surface area (Å²) in [7, 11) is 0. The lowest BCUT2D eigenvalue weighted by Gasteiger charge is -2.29. The Morgan fingerprint density at radius 1 is 1.29 bits per heavy atom. The average Bonchev–Trinajstić information content (AvgIpc) is 2.77. The maximum Gasteiger partial charge on any atom is 0.115 e. The number of phenolic OH excluding ortho intramolecular Hbond substituents is 1. The van der Waals surface area contributed by atoms with Gasteiger partial charge in [0.25, 0.3) is 0 Å². The van der Waals surface area contributed by atoms with Crippen LogP contribution in [0.1, 0.15) is 60.1 Å². The molecule has 0 amide bonds. The molecule has 1 aliphatic carbocycles. The number of aromatic hydroxyl groups is 1. The summed E-state index contributed by atoms with van der Waals surface area (Å²) in [5.41, 5.74) is 3.83. The number of fused-ring (bicyclic) bond motifs is 1. The van der Waals surface area contributed by atoms with Gasteiger partial charge in [0.05, 0.1) is 0 Å². The molecule has 1 heterocycles. The van der Waals surface area contributed by atoms with Crippen molar-refractivity contribution in [2.75, 3.05) is 0 Å². The Hall–Kier alpha value is -1.74. The first-order chi connectivity index (χ1) is 10.0. The second kappa shape index (κ2) is 5.57. The van der Waals surface area contributed by atoms with Crippen LogP contribution in [0.3, 0.4) is 0 Å². The lowest BCUT2D eigenvalue weighted by atomic mass is 9.87. The molecule has 3 heteroatoms. The topological polar surface area (TPSA) is 45.4 Å². The normalized spacial score (nSPS) is 19.3. The maximum absolute atomic E-state index is 9.64. The highest BCUT2D eigenvalue weighted by atomic mass is 16.3. The van der Waals surface area contributed by atoms with Crippen molar-refractivity contribution in [3.8, 4) is 5.75 Å². The van der Waals surface area contributed by atoms with E-state index in [0.29, 0.717) is 11.8 Å². The molecule has 1 aromatic heterocycles. The number of hydrogen-bond donors (Lipinski definition) is 2. The van der Waals surface area contributed by atoms with E-state index in [4.69, 9.17) is 4.42 Å². The lowest BCUT2D eigenvalue weighted by Crippen LogP contribution is -2.27. The maximum atomic E-state index is 9.64. The number of phenols is 1. The summed E-state index contributed by atoms with van der Waals surface area (Å²) >= 11 is 0. The standard InChI is InChI=1S/C18H23NO2/c1-11-9-17(13(3)21-11)12(2)19-18-6-4-5-14-10-15(20)7-8-16(14)18/h7-10,12,18-20H,4-6H2,1-3H3. The van der Waals surface area contributed by atoms with Crippen molar-refractivity contribution in [1.82, 2.24) is 5.32 Å². The second-order valence-corrected chi connectivity index (χ2v) is 6.08. The summed E-state index contributed by atoms with van der Waals surface area (Å²) < 4.78 is 5.64. The Kier molecular flexibility index (Phi) is 3.77. The van der Waals surface area contributed by atoms with Gasteiger partial charge in [0.15, 0.2) is 0 Å². The fraction of sp³-hybridized carbons (Fsp3) is 0.444. The third-order valence-corrected chi connectivity index (χ3v) is 4.44. The largest absolute Gasteiger partial charge is 0.508 e. The molecule has 2 aromatic rings. The van der Waals surface area contributed by atoms with Crippen LogP contribution < -0.4 is 5.32 Å². The Labute approximate surface area is 126 Å². The van der Waals surface area contributed by atoms with Gasteiger partial charge >= 0.3 is 0 Å². The molecular weight excluding hydrogens is 262 g/mol. The van der Waals surface area contributed by atoms with Gasteiger partial charge in [-0.25, -0.2) is 0 Å². The van der Waals surface area contributed by atoms with Crippen LogP contribution in [0.2, 0.25) is 0 Å². The van der Waals surface area contributed by atoms with E-state index in [-0.39, 0.29) is 6.04 Å². The van der Waals surface area contributed by atoms with Crippen LogP contribution in [0.4, 0.5) is 0 Å². The highest BCUT2D eigenvalue weighted by Crippen LogP contribution is 2.34. The van der Waals surface area contributed by atoms with E-state index in [1.807, 2.05) is 19.9 Å². The van der Waals surface area contributed by atoms with Crippen LogP contribution in [0.5, 0.6) is 5.75 Å². The Morgan fingerprint density at radius 3 is 2.81 bits per heavy atom. The van der Waals surface area contributed by atoms with Gasteiger partial charge in [-0.05, 0) is 69.4 Å². The zero-order chi connectivity index (χ0) is 15.0. The first kappa shape index (κ1) is 14.2. The van der Waals surface area contributed by atoms with Crippen LogP contribution in [-0.4, -0.2) is 5.11 Å². The minimum Gasteiger partial charge on any atom is -0.508 e. The van der Waals surface area contributed by atoms with E-state index in [9.17, 15) is 5.11 Å². The quantitative estimate of drug-likeness (QED) is 0.882. The van der Waals surface area contributed by atoms with E-state index in [2.05, 4.69) is 24.4 Å². The SMILES string of the molecule is Cc1cc(C(C)NC2CCCc3cc(O)ccc32)c(C)o1. The van der Waals surface area contributed by atoms with Gasteiger partial charge in [-0.1, -0.05) is 6.07 Å². The van der Waals surface area contributed by atoms with Crippen molar-refractivity contribution in [3.63, 3.8) is 0 Å². The van der Waals surface area contributed by atoms with Crippen molar-refractivity contribution in [2.24, 2.45) is 0 Å². The molecule has 3 rings (SSSR count). The molecule has 0 saturated heterocycles. The van der Waals surface area contributed by atoms with Crippen LogP contribution in [0.15, 0.2) is 28.7 Å². The van der Waals surface area contributed by atoms with Gasteiger partial charge < -0.3 is 14.8 Å². The van der Waals surface area contributed by atoms with Crippen molar-refractivity contribution >= 4 is 0 Å². The molecule has 0 fully saturated rings. The molecule has 0 aliphatic heterocycles. The number of nitrogens with one attached hydrogen (secondary N) is 1. The predicted octanol–water partition coefficient (Wildman–Crippen LogP) is 4.33. The molecule has 1 aliphatic rings. The van der Waals surface area contributed by atoms with Gasteiger partial charge in [-0.15, -0.1) is 0 Å². The third-order valence-electron chi connectivity index (χ3n) is 4.44. The number of aryl methyl sites for hydroxylation is 3. The summed E-state index contributed by atoms with van der Waals surface area (Å²) in [6.07, 6.45) is 3.35. The molecule has 3 nitrogen and oxygen atoms in total. The number of benzene rings is 1. The molecular formula is C18H23NO2. The molecule has 0 saturated carbocycles. The summed E-state index contributed by atoms with van der Waals surface area (Å²) in [5.74, 6) is 2.32. The molecule has 21 heavy (non-hydrogen) atoms. The van der Waals surface area contributed by atoms with E-state index in [0.717, 1.165) is 30.8 Å². The zero-order valence-electron chi connectivity index (χ0n) is 12.9. The number of furan rings is 1. The molecule has 0 radical (unpaired) electrons. The molecule has 2 unspecified atom stereocenters. The fourth-order valence-corrected chi connectivity index (χ4v) is 3.45. The molecule has 0 bridgehead atoms. The van der Waals surface area contributed by atoms with E-state index in [1.54, 1.807) is 6.07 Å². The average molecular weight is 285 g/mol. The minimum absolute atomic E-state index is 0.257. The first-order valence-electron chi connectivity index (χ1n) is 7.69. The van der Waals surface area contributed by atoms with Gasteiger partial charge in [-0.2, -0.15) is 0 Å². The highest BCUT2D eigenvalue weighted by Gasteiger charge is 2.23. The van der Waals surface area contributed by atoms with Crippen molar-refractivity contribution in [2.45, 2.75) is 52.1 Å². The Morgan fingerprint density at radius 2 is 2.10 bits per heavy atom. The molecule has 0 spiro atoms. The van der Waals surface area contributed by atoms with E-state index < -0.39 is 0 Å². The van der Waals surface area contributed by atoms with Crippen molar-refractivity contribution in [3.05, 3.63) is 52.5 Å². The summed E-state index contributed by atoms with van der Waals surface area (Å²) in [4.78, 5) is 0. The van der Waals surface area contributed by atoms with Gasteiger partial charge in [0, 0.05) is 17.6 Å². The Balaban J connectivity index is 1.82. The van der Waals surface area contributed by atoms with Gasteiger partial charge in [0.1, 0.15) is 17.3 Å². The van der Waals surface area contributed by atoms with Crippen molar-refractivity contribution < 1.29 is 9.52 Å². The van der Waals surface area contributed by atoms with Crippen LogP contribution in [-0.2, 0) is 6.42 Å². The summed E-state index contributed by atoms with van der Waals surface area (Å²) in [5, 5.41) is 13.4. The van der Waals surface area contributed by atoms with Crippen LogP contribution in [0.25, 0.3) is 0 Å². The molecule has 2 atom stereocenters. The predicted molar refractivity (Wildman–Crippen MR) is 83.5 cm³/mol. The number of rotatable bonds is 3. The van der Waals surface area contributed by atoms with Crippen molar-refractivity contribution in [1.29, 1.82) is 0 Å². The molecule has 112 valence electrons. The van der Waals surface area contributed by atoms with Gasteiger partial charge in [0.2, 0.25) is 0 Å². The Bertz CT molecular complexity index is 645.